The van der Waals surface area contributed by atoms with Crippen molar-refractivity contribution < 1.29 is 31.9 Å². The third-order valence-electron chi connectivity index (χ3n) is 3.40. The number of anilines is 1. The Labute approximate surface area is 133 Å². The zero-order chi connectivity index (χ0) is 17.5. The number of nitrogens with zero attached hydrogens (tertiary/aromatic N) is 1. The molecule has 0 aliphatic carbocycles. The highest BCUT2D eigenvalue weighted by atomic mass is 19.3. The predicted molar refractivity (Wildman–Crippen MR) is 75.6 cm³/mol. The number of carbonyl (C=O) groups excluding carboxylic acids is 2. The first-order chi connectivity index (χ1) is 11.3. The van der Waals surface area contributed by atoms with Crippen LogP contribution in [-0.4, -0.2) is 24.3 Å². The molecule has 1 aliphatic rings. The van der Waals surface area contributed by atoms with E-state index in [1.165, 1.54) is 30.3 Å². The van der Waals surface area contributed by atoms with Crippen molar-refractivity contribution in [2.45, 2.75) is 12.5 Å². The highest BCUT2D eigenvalue weighted by molar-refractivity contribution is 6.34. The number of para-hydroxylation sites is 2. The quantitative estimate of drug-likeness (QED) is 0.630. The van der Waals surface area contributed by atoms with E-state index in [1.54, 1.807) is 12.1 Å². The number of alkyl halides is 4. The molecule has 124 valence electrons. The van der Waals surface area contributed by atoms with E-state index in [2.05, 4.69) is 4.74 Å². The van der Waals surface area contributed by atoms with Gasteiger partial charge in [-0.3, -0.25) is 9.59 Å². The van der Waals surface area contributed by atoms with E-state index < -0.39 is 30.1 Å². The number of benzene rings is 2. The van der Waals surface area contributed by atoms with Crippen molar-refractivity contribution in [1.29, 1.82) is 0 Å². The van der Waals surface area contributed by atoms with Crippen LogP contribution in [0.2, 0.25) is 0 Å². The third-order valence-corrected chi connectivity index (χ3v) is 3.40. The molecule has 0 fully saturated rings. The molecule has 2 amide bonds. The summed E-state index contributed by atoms with van der Waals surface area (Å²) in [4.78, 5) is 25.4. The molecule has 8 heteroatoms. The summed E-state index contributed by atoms with van der Waals surface area (Å²) >= 11 is 0. The lowest BCUT2D eigenvalue weighted by molar-refractivity contribution is -0.252. The van der Waals surface area contributed by atoms with E-state index in [0.717, 1.165) is 6.07 Å². The van der Waals surface area contributed by atoms with Crippen molar-refractivity contribution in [3.8, 4) is 5.75 Å². The average Bonchev–Trinajstić information content (AvgIpc) is 2.80. The van der Waals surface area contributed by atoms with Crippen molar-refractivity contribution in [3.63, 3.8) is 0 Å². The molecule has 24 heavy (non-hydrogen) atoms. The van der Waals surface area contributed by atoms with Crippen molar-refractivity contribution in [1.82, 2.24) is 0 Å². The second-order valence-corrected chi connectivity index (χ2v) is 4.92. The fourth-order valence-electron chi connectivity index (χ4n) is 2.33. The van der Waals surface area contributed by atoms with Crippen LogP contribution in [0.25, 0.3) is 0 Å². The van der Waals surface area contributed by atoms with Gasteiger partial charge in [-0.2, -0.15) is 17.6 Å². The molecule has 0 bridgehead atoms. The lowest BCUT2D eigenvalue weighted by atomic mass is 10.1. The standard InChI is InChI=1S/C16H9F4NO3/c17-15(18)16(19,20)24-12-8-4-3-7-11(12)21-13(22)9-5-1-2-6-10(9)14(21)23/h1-8,15H. The largest absolute Gasteiger partial charge is 0.461 e. The molecule has 1 aliphatic heterocycles. The zero-order valence-corrected chi connectivity index (χ0v) is 11.9. The Bertz CT molecular complexity index is 787. The summed E-state index contributed by atoms with van der Waals surface area (Å²) in [5.74, 6) is -2.18. The SMILES string of the molecule is O=C1c2ccccc2C(=O)N1c1ccccc1OC(F)(F)C(F)F. The number of carbonyl (C=O) groups is 2. The minimum atomic E-state index is -4.76. The van der Waals surface area contributed by atoms with Gasteiger partial charge in [0.25, 0.3) is 11.8 Å². The van der Waals surface area contributed by atoms with Gasteiger partial charge in [-0.05, 0) is 24.3 Å². The van der Waals surface area contributed by atoms with Crippen LogP contribution in [0.3, 0.4) is 0 Å². The Morgan fingerprint density at radius 3 is 1.92 bits per heavy atom. The molecule has 0 unspecified atom stereocenters. The molecule has 2 aromatic carbocycles. The number of hydrogen-bond acceptors (Lipinski definition) is 3. The number of halogens is 4. The molecule has 0 atom stereocenters. The summed E-state index contributed by atoms with van der Waals surface area (Å²) in [6.07, 6.45) is -8.82. The molecule has 3 rings (SSSR count). The van der Waals surface area contributed by atoms with Crippen molar-refractivity contribution in [3.05, 3.63) is 59.7 Å². The number of amides is 2. The number of hydrogen-bond donors (Lipinski definition) is 0. The minimum Gasteiger partial charge on any atom is -0.426 e. The van der Waals surface area contributed by atoms with E-state index >= 15 is 0 Å². The maximum absolute atomic E-state index is 13.2. The van der Waals surface area contributed by atoms with Crippen LogP contribution in [0.15, 0.2) is 48.5 Å². The normalized spacial score (nSPS) is 14.3. The Morgan fingerprint density at radius 2 is 1.38 bits per heavy atom. The number of rotatable bonds is 4. The fraction of sp³-hybridized carbons (Fsp3) is 0.125. The molecule has 0 saturated carbocycles. The summed E-state index contributed by atoms with van der Waals surface area (Å²) < 4.78 is 55.2. The predicted octanol–water partition coefficient (Wildman–Crippen LogP) is 3.72. The maximum atomic E-state index is 13.2. The van der Waals surface area contributed by atoms with E-state index in [4.69, 9.17) is 0 Å². The van der Waals surface area contributed by atoms with E-state index in [1.807, 2.05) is 0 Å². The summed E-state index contributed by atoms with van der Waals surface area (Å²) in [6.45, 7) is 0. The fourth-order valence-corrected chi connectivity index (χ4v) is 2.33. The Morgan fingerprint density at radius 1 is 0.875 bits per heavy atom. The summed E-state index contributed by atoms with van der Waals surface area (Å²) in [5.41, 5.74) is -0.139. The van der Waals surface area contributed by atoms with Crippen LogP contribution in [0.4, 0.5) is 23.2 Å². The van der Waals surface area contributed by atoms with Crippen molar-refractivity contribution >= 4 is 17.5 Å². The molecule has 0 N–H and O–H groups in total. The van der Waals surface area contributed by atoms with Crippen LogP contribution in [0.1, 0.15) is 20.7 Å². The molecular formula is C16H9F4NO3. The van der Waals surface area contributed by atoms with Crippen molar-refractivity contribution in [2.24, 2.45) is 0 Å². The zero-order valence-electron chi connectivity index (χ0n) is 11.9. The van der Waals surface area contributed by atoms with Crippen LogP contribution < -0.4 is 9.64 Å². The van der Waals surface area contributed by atoms with Gasteiger partial charge in [0.1, 0.15) is 0 Å². The van der Waals surface area contributed by atoms with E-state index in [-0.39, 0.29) is 16.8 Å². The van der Waals surface area contributed by atoms with E-state index in [9.17, 15) is 27.2 Å². The maximum Gasteiger partial charge on any atom is 0.461 e. The highest BCUT2D eigenvalue weighted by Crippen LogP contribution is 2.38. The van der Waals surface area contributed by atoms with Crippen LogP contribution >= 0.6 is 0 Å². The molecule has 4 nitrogen and oxygen atoms in total. The second-order valence-electron chi connectivity index (χ2n) is 4.92. The smallest absolute Gasteiger partial charge is 0.426 e. The van der Waals surface area contributed by atoms with Crippen molar-refractivity contribution in [2.75, 3.05) is 4.90 Å². The Balaban J connectivity index is 2.03. The molecule has 2 aromatic rings. The second kappa shape index (κ2) is 5.63. The van der Waals surface area contributed by atoms with E-state index in [0.29, 0.717) is 4.90 Å². The summed E-state index contributed by atoms with van der Waals surface area (Å²) in [5, 5.41) is 0. The number of ether oxygens (including phenoxy) is 1. The summed E-state index contributed by atoms with van der Waals surface area (Å²) in [7, 11) is 0. The first-order valence-corrected chi connectivity index (χ1v) is 6.75. The van der Waals surface area contributed by atoms with Gasteiger partial charge in [0, 0.05) is 0 Å². The molecular weight excluding hydrogens is 330 g/mol. The lowest BCUT2D eigenvalue weighted by Gasteiger charge is -2.22. The van der Waals surface area contributed by atoms with Gasteiger partial charge in [0.05, 0.1) is 16.8 Å². The van der Waals surface area contributed by atoms with Gasteiger partial charge in [-0.1, -0.05) is 24.3 Å². The lowest BCUT2D eigenvalue weighted by Crippen LogP contribution is -2.35. The summed E-state index contributed by atoms with van der Waals surface area (Å²) in [6, 6.07) is 10.7. The van der Waals surface area contributed by atoms with Gasteiger partial charge in [0.15, 0.2) is 5.75 Å². The van der Waals surface area contributed by atoms with Gasteiger partial charge in [0.2, 0.25) is 0 Å². The number of imide groups is 1. The topological polar surface area (TPSA) is 46.6 Å². The van der Waals surface area contributed by atoms with Crippen LogP contribution in [-0.2, 0) is 0 Å². The molecule has 1 heterocycles. The third kappa shape index (κ3) is 2.49. The highest BCUT2D eigenvalue weighted by Gasteiger charge is 2.45. The van der Waals surface area contributed by atoms with Gasteiger partial charge in [-0.15, -0.1) is 0 Å². The molecule has 0 aromatic heterocycles. The van der Waals surface area contributed by atoms with Gasteiger partial charge >= 0.3 is 12.5 Å². The monoisotopic (exact) mass is 339 g/mol. The first kappa shape index (κ1) is 16.0. The first-order valence-electron chi connectivity index (χ1n) is 6.75. The molecule has 0 saturated heterocycles. The molecule has 0 radical (unpaired) electrons. The minimum absolute atomic E-state index is 0.0953. The van der Waals surface area contributed by atoms with Gasteiger partial charge < -0.3 is 4.74 Å². The van der Waals surface area contributed by atoms with Crippen LogP contribution in [0.5, 0.6) is 5.75 Å². The Hall–Kier alpha value is -2.90. The van der Waals surface area contributed by atoms with Crippen LogP contribution in [0, 0.1) is 0 Å². The van der Waals surface area contributed by atoms with Gasteiger partial charge in [-0.25, -0.2) is 4.90 Å². The average molecular weight is 339 g/mol. The Kier molecular flexibility index (Phi) is 3.75. The number of fused-ring (bicyclic) bond motifs is 1. The molecule has 0 spiro atoms.